The van der Waals surface area contributed by atoms with Gasteiger partial charge in [-0.05, 0) is 19.8 Å². The Morgan fingerprint density at radius 1 is 1.14 bits per heavy atom. The zero-order valence-electron chi connectivity index (χ0n) is 13.2. The van der Waals surface area contributed by atoms with Gasteiger partial charge in [-0.15, -0.1) is 10.5 Å². The molecule has 6 nitrogen and oxygen atoms in total. The van der Waals surface area contributed by atoms with Crippen molar-refractivity contribution >= 4 is 11.4 Å². The topological polar surface area (TPSA) is 62.7 Å². The summed E-state index contributed by atoms with van der Waals surface area (Å²) in [7, 11) is 1.65. The summed E-state index contributed by atoms with van der Waals surface area (Å²) in [4.78, 5) is 0. The van der Waals surface area contributed by atoms with Gasteiger partial charge in [0, 0.05) is 6.07 Å². The minimum atomic E-state index is 0.519. The molecule has 0 unspecified atom stereocenters. The molecule has 115 valence electrons. The fraction of sp³-hybridized carbons (Fsp3) is 0.600. The van der Waals surface area contributed by atoms with Crippen LogP contribution in [-0.4, -0.2) is 29.2 Å². The van der Waals surface area contributed by atoms with E-state index in [2.05, 4.69) is 29.5 Å². The van der Waals surface area contributed by atoms with Crippen LogP contribution in [0.15, 0.2) is 17.1 Å². The molecule has 2 heterocycles. The Morgan fingerprint density at radius 3 is 2.52 bits per heavy atom. The lowest BCUT2D eigenvalue weighted by Crippen LogP contribution is -2.12. The third-order valence-electron chi connectivity index (χ3n) is 3.16. The predicted octanol–water partition coefficient (Wildman–Crippen LogP) is 2.78. The summed E-state index contributed by atoms with van der Waals surface area (Å²) in [5.41, 5.74) is 6.84. The lowest BCUT2D eigenvalue weighted by Gasteiger charge is -2.10. The molecule has 0 spiro atoms. The standard InChI is InChI=1S/C15H23N4O2/c1-5-8-11-10-13(20-4)19(18-11)14-12(9-6-2)16-17-15(14)21-7-3/h10H,5-9H2,1-4H3. The summed E-state index contributed by atoms with van der Waals surface area (Å²) >= 11 is 0. The summed E-state index contributed by atoms with van der Waals surface area (Å²) in [6, 6.07) is 1.96. The summed E-state index contributed by atoms with van der Waals surface area (Å²) < 4.78 is 12.8. The highest BCUT2D eigenvalue weighted by Gasteiger charge is 2.27. The molecule has 2 rings (SSSR count). The van der Waals surface area contributed by atoms with Gasteiger partial charge < -0.3 is 9.47 Å². The number of hydrogen-bond donors (Lipinski definition) is 0. The Labute approximate surface area is 125 Å². The average molecular weight is 291 g/mol. The van der Waals surface area contributed by atoms with E-state index in [0.717, 1.165) is 42.8 Å². The van der Waals surface area contributed by atoms with Gasteiger partial charge in [-0.1, -0.05) is 26.7 Å². The molecule has 1 radical (unpaired) electrons. The van der Waals surface area contributed by atoms with Gasteiger partial charge in [0.1, 0.15) is 0 Å². The molecule has 1 aromatic rings. The second-order valence-corrected chi connectivity index (χ2v) is 4.82. The van der Waals surface area contributed by atoms with Crippen LogP contribution in [0.2, 0.25) is 0 Å². The van der Waals surface area contributed by atoms with E-state index in [-0.39, 0.29) is 0 Å². The maximum atomic E-state index is 5.60. The van der Waals surface area contributed by atoms with Crippen molar-refractivity contribution in [2.75, 3.05) is 13.7 Å². The van der Waals surface area contributed by atoms with E-state index in [9.17, 15) is 0 Å². The Bertz CT molecular complexity index is 546. The van der Waals surface area contributed by atoms with Crippen molar-refractivity contribution < 1.29 is 9.47 Å². The first-order valence-electron chi connectivity index (χ1n) is 7.53. The van der Waals surface area contributed by atoms with Crippen molar-refractivity contribution in [3.8, 4) is 5.88 Å². The molecule has 1 aliphatic heterocycles. The number of rotatable bonds is 8. The van der Waals surface area contributed by atoms with Crippen molar-refractivity contribution in [3.63, 3.8) is 0 Å². The summed E-state index contributed by atoms with van der Waals surface area (Å²) in [5, 5.41) is 8.87. The number of hydrogen-bond acceptors (Lipinski definition) is 4. The van der Waals surface area contributed by atoms with Gasteiger partial charge in [-0.3, -0.25) is 0 Å². The molecule has 21 heavy (non-hydrogen) atoms. The van der Waals surface area contributed by atoms with E-state index in [4.69, 9.17) is 9.47 Å². The van der Waals surface area contributed by atoms with Gasteiger partial charge in [0.05, 0.1) is 25.1 Å². The molecule has 0 atom stereocenters. The van der Waals surface area contributed by atoms with E-state index >= 15 is 0 Å². The maximum Gasteiger partial charge on any atom is 0.261 e. The maximum absolute atomic E-state index is 5.60. The monoisotopic (exact) mass is 291 g/mol. The first-order chi connectivity index (χ1) is 10.2. The number of nitrogens with zero attached hydrogens (tertiary/aromatic N) is 4. The Kier molecular flexibility index (Phi) is 5.25. The van der Waals surface area contributed by atoms with E-state index in [0.29, 0.717) is 18.4 Å². The van der Waals surface area contributed by atoms with E-state index in [1.807, 2.05) is 13.0 Å². The Morgan fingerprint density at radius 2 is 1.90 bits per heavy atom. The molecule has 0 bridgehead atoms. The van der Waals surface area contributed by atoms with E-state index in [1.165, 1.54) is 0 Å². The van der Waals surface area contributed by atoms with Gasteiger partial charge in [-0.25, -0.2) is 0 Å². The van der Waals surface area contributed by atoms with Gasteiger partial charge >= 0.3 is 0 Å². The fourth-order valence-corrected chi connectivity index (χ4v) is 2.27. The molecule has 0 N–H and O–H groups in total. The Hall–Kier alpha value is -1.98. The molecule has 6 heteroatoms. The van der Waals surface area contributed by atoms with Crippen LogP contribution < -0.4 is 10.2 Å². The average Bonchev–Trinajstić information content (AvgIpc) is 3.04. The smallest absolute Gasteiger partial charge is 0.261 e. The predicted molar refractivity (Wildman–Crippen MR) is 82.1 cm³/mol. The Balaban J connectivity index is 2.43. The van der Waals surface area contributed by atoms with Crippen molar-refractivity contribution in [2.24, 2.45) is 5.10 Å². The van der Waals surface area contributed by atoms with Crippen LogP contribution in [0.1, 0.15) is 45.7 Å². The second-order valence-electron chi connectivity index (χ2n) is 4.82. The van der Waals surface area contributed by atoms with Crippen LogP contribution >= 0.6 is 0 Å². The highest BCUT2D eigenvalue weighted by molar-refractivity contribution is 6.20. The molecular formula is C15H23N4O2. The first-order valence-corrected chi connectivity index (χ1v) is 7.53. The van der Waals surface area contributed by atoms with Crippen molar-refractivity contribution in [2.45, 2.75) is 46.5 Å². The molecule has 0 saturated heterocycles. The molecule has 1 aromatic heterocycles. The van der Waals surface area contributed by atoms with Gasteiger partial charge in [0.2, 0.25) is 5.88 Å². The summed E-state index contributed by atoms with van der Waals surface area (Å²) in [5.74, 6) is 1.21. The molecule has 0 aliphatic carbocycles. The van der Waals surface area contributed by atoms with E-state index < -0.39 is 0 Å². The van der Waals surface area contributed by atoms with Crippen molar-refractivity contribution in [1.29, 1.82) is 0 Å². The molecule has 0 aromatic carbocycles. The zero-order valence-corrected chi connectivity index (χ0v) is 13.2. The highest BCUT2D eigenvalue weighted by atomic mass is 16.5. The number of methoxy groups -OCH3 is 1. The molecular weight excluding hydrogens is 268 g/mol. The van der Waals surface area contributed by atoms with Crippen LogP contribution in [0.3, 0.4) is 0 Å². The largest absolute Gasteiger partial charge is 0.481 e. The SMILES string of the molecule is CCCC1=N[N]C(OCC)=C1n1nc(CCC)cc1OC. The number of aryl methyl sites for hydroxylation is 1. The number of allylic oxidation sites excluding steroid dienone is 1. The minimum absolute atomic E-state index is 0.519. The van der Waals surface area contributed by atoms with Crippen molar-refractivity contribution in [3.05, 3.63) is 17.6 Å². The summed E-state index contributed by atoms with van der Waals surface area (Å²) in [6.07, 6.45) is 3.78. The first kappa shape index (κ1) is 15.4. The normalized spacial score (nSPS) is 14.2. The lowest BCUT2D eigenvalue weighted by atomic mass is 10.2. The molecule has 0 amide bonds. The minimum Gasteiger partial charge on any atom is -0.481 e. The number of aromatic nitrogens is 2. The third-order valence-corrected chi connectivity index (χ3v) is 3.16. The molecule has 0 saturated carbocycles. The second kappa shape index (κ2) is 7.15. The van der Waals surface area contributed by atoms with Crippen LogP contribution in [0.4, 0.5) is 0 Å². The van der Waals surface area contributed by atoms with Crippen LogP contribution in [0.25, 0.3) is 5.70 Å². The van der Waals surface area contributed by atoms with Gasteiger partial charge in [0.15, 0.2) is 5.70 Å². The lowest BCUT2D eigenvalue weighted by molar-refractivity contribution is 0.208. The van der Waals surface area contributed by atoms with Gasteiger partial charge in [-0.2, -0.15) is 9.78 Å². The van der Waals surface area contributed by atoms with Crippen LogP contribution in [0, 0.1) is 0 Å². The zero-order chi connectivity index (χ0) is 15.2. The number of ether oxygens (including phenoxy) is 2. The highest BCUT2D eigenvalue weighted by Crippen LogP contribution is 2.27. The quantitative estimate of drug-likeness (QED) is 0.740. The summed E-state index contributed by atoms with van der Waals surface area (Å²) in [6.45, 7) is 6.72. The van der Waals surface area contributed by atoms with E-state index in [1.54, 1.807) is 11.8 Å². The fourth-order valence-electron chi connectivity index (χ4n) is 2.27. The molecule has 0 fully saturated rings. The van der Waals surface area contributed by atoms with Crippen molar-refractivity contribution in [1.82, 2.24) is 15.2 Å². The van der Waals surface area contributed by atoms with Crippen LogP contribution in [-0.2, 0) is 11.2 Å². The molecule has 1 aliphatic rings. The van der Waals surface area contributed by atoms with Crippen LogP contribution in [0.5, 0.6) is 5.88 Å². The third kappa shape index (κ3) is 3.20. The van der Waals surface area contributed by atoms with Gasteiger partial charge in [0.25, 0.3) is 5.88 Å².